The van der Waals surface area contributed by atoms with Gasteiger partial charge in [0.25, 0.3) is 0 Å². The highest BCUT2D eigenvalue weighted by Crippen LogP contribution is 2.23. The second-order valence-electron chi connectivity index (χ2n) is 8.30. The van der Waals surface area contributed by atoms with E-state index in [1.54, 1.807) is 16.1 Å². The van der Waals surface area contributed by atoms with Gasteiger partial charge in [0.1, 0.15) is 0 Å². The first-order valence-electron chi connectivity index (χ1n) is 10.9. The zero-order valence-electron chi connectivity index (χ0n) is 17.6. The van der Waals surface area contributed by atoms with Crippen molar-refractivity contribution in [1.29, 1.82) is 0 Å². The molecule has 0 bridgehead atoms. The second kappa shape index (κ2) is 10.4. The minimum atomic E-state index is -0.206. The van der Waals surface area contributed by atoms with Crippen molar-refractivity contribution in [3.63, 3.8) is 0 Å². The van der Waals surface area contributed by atoms with Crippen LogP contribution in [-0.2, 0) is 19.6 Å². The lowest BCUT2D eigenvalue weighted by atomic mass is 9.92. The number of likely N-dealkylation sites (tertiary alicyclic amines) is 1. The molecule has 3 aromatic rings. The third kappa shape index (κ3) is 5.97. The summed E-state index contributed by atoms with van der Waals surface area (Å²) >= 11 is 6.94. The molecule has 0 amide bonds. The van der Waals surface area contributed by atoms with Crippen LogP contribution in [0.15, 0.2) is 64.2 Å². The van der Waals surface area contributed by atoms with Gasteiger partial charge in [0, 0.05) is 29.6 Å². The van der Waals surface area contributed by atoms with Crippen LogP contribution >= 0.6 is 23.1 Å². The largest absolute Gasteiger partial charge is 0.341 e. The molecular formula is C24H28ClN3O2S. The molecular weight excluding hydrogens is 430 g/mol. The molecule has 0 radical (unpaired) electrons. The standard InChI is InChI=1S/C24H28ClN3O2S/c25-22-10-8-21(9-11-22)18-27-23(29)28(31-24(27)30)14-4-7-19-12-15-26(16-13-19)17-20-5-2-1-3-6-20/h1-3,5-6,8-11,19H,4,7,12-18H2. The van der Waals surface area contributed by atoms with Crippen LogP contribution in [0.2, 0.25) is 5.02 Å². The van der Waals surface area contributed by atoms with Gasteiger partial charge in [0.15, 0.2) is 0 Å². The monoisotopic (exact) mass is 457 g/mol. The lowest BCUT2D eigenvalue weighted by Gasteiger charge is -2.32. The van der Waals surface area contributed by atoms with Crippen molar-refractivity contribution in [2.75, 3.05) is 13.1 Å². The van der Waals surface area contributed by atoms with Gasteiger partial charge in [0.05, 0.1) is 6.54 Å². The molecule has 5 nitrogen and oxygen atoms in total. The Balaban J connectivity index is 1.24. The number of halogens is 1. The van der Waals surface area contributed by atoms with E-state index in [9.17, 15) is 9.59 Å². The Hall–Kier alpha value is -2.15. The molecule has 0 N–H and O–H groups in total. The quantitative estimate of drug-likeness (QED) is 0.501. The third-order valence-corrected chi connectivity index (χ3v) is 7.22. The normalized spacial score (nSPS) is 15.4. The fourth-order valence-corrected chi connectivity index (χ4v) is 5.19. The van der Waals surface area contributed by atoms with Crippen molar-refractivity contribution in [1.82, 2.24) is 13.4 Å². The Kier molecular flexibility index (Phi) is 7.43. The van der Waals surface area contributed by atoms with Crippen LogP contribution in [0, 0.1) is 5.92 Å². The number of aromatic nitrogens is 2. The van der Waals surface area contributed by atoms with Gasteiger partial charge in [0.2, 0.25) is 0 Å². The summed E-state index contributed by atoms with van der Waals surface area (Å²) in [5.74, 6) is 0.704. The van der Waals surface area contributed by atoms with Crippen molar-refractivity contribution in [2.45, 2.75) is 45.3 Å². The highest BCUT2D eigenvalue weighted by molar-refractivity contribution is 7.03. The predicted molar refractivity (Wildman–Crippen MR) is 127 cm³/mol. The van der Waals surface area contributed by atoms with E-state index < -0.39 is 0 Å². The molecule has 1 fully saturated rings. The summed E-state index contributed by atoms with van der Waals surface area (Å²) in [4.78, 5) is 27.3. The van der Waals surface area contributed by atoms with E-state index in [1.165, 1.54) is 23.0 Å². The van der Waals surface area contributed by atoms with E-state index in [4.69, 9.17) is 11.6 Å². The Bertz CT molecular complexity index is 1080. The van der Waals surface area contributed by atoms with Gasteiger partial charge < -0.3 is 0 Å². The van der Waals surface area contributed by atoms with Gasteiger partial charge in [-0.3, -0.25) is 9.69 Å². The fraction of sp³-hybridized carbons (Fsp3) is 0.417. The minimum Gasteiger partial charge on any atom is -0.299 e. The molecule has 164 valence electrons. The number of rotatable bonds is 8. The number of hydrogen-bond donors (Lipinski definition) is 0. The van der Waals surface area contributed by atoms with Crippen LogP contribution in [0.4, 0.5) is 0 Å². The molecule has 1 aliphatic rings. The van der Waals surface area contributed by atoms with Crippen molar-refractivity contribution in [3.05, 3.63) is 90.9 Å². The van der Waals surface area contributed by atoms with E-state index in [0.29, 0.717) is 17.5 Å². The zero-order chi connectivity index (χ0) is 21.6. The molecule has 1 aliphatic heterocycles. The van der Waals surface area contributed by atoms with E-state index >= 15 is 0 Å². The van der Waals surface area contributed by atoms with Crippen LogP contribution in [0.1, 0.15) is 36.8 Å². The van der Waals surface area contributed by atoms with Crippen LogP contribution in [0.3, 0.4) is 0 Å². The maximum Gasteiger partial charge on any atom is 0.341 e. The van der Waals surface area contributed by atoms with Crippen LogP contribution in [-0.4, -0.2) is 26.5 Å². The smallest absolute Gasteiger partial charge is 0.299 e. The van der Waals surface area contributed by atoms with Gasteiger partial charge in [-0.25, -0.2) is 13.3 Å². The van der Waals surface area contributed by atoms with Crippen LogP contribution in [0.5, 0.6) is 0 Å². The predicted octanol–water partition coefficient (Wildman–Crippen LogP) is 4.47. The van der Waals surface area contributed by atoms with Crippen LogP contribution in [0.25, 0.3) is 0 Å². The number of hydrogen-bond acceptors (Lipinski definition) is 4. The summed E-state index contributed by atoms with van der Waals surface area (Å²) in [6.07, 6.45) is 4.45. The van der Waals surface area contributed by atoms with Gasteiger partial charge in [-0.1, -0.05) is 54.1 Å². The number of aryl methyl sites for hydroxylation is 1. The number of nitrogens with zero attached hydrogens (tertiary/aromatic N) is 3. The number of benzene rings is 2. The Morgan fingerprint density at radius 1 is 0.903 bits per heavy atom. The maximum absolute atomic E-state index is 12.7. The van der Waals surface area contributed by atoms with Gasteiger partial charge in [-0.15, -0.1) is 0 Å². The van der Waals surface area contributed by atoms with Crippen molar-refractivity contribution >= 4 is 23.1 Å². The Morgan fingerprint density at radius 2 is 1.58 bits per heavy atom. The maximum atomic E-state index is 12.7. The minimum absolute atomic E-state index is 0.200. The van der Waals surface area contributed by atoms with Crippen molar-refractivity contribution in [2.24, 2.45) is 5.92 Å². The SMILES string of the molecule is O=c1sn(CCCC2CCN(Cc3ccccc3)CC2)c(=O)n1Cc1ccc(Cl)cc1. The van der Waals surface area contributed by atoms with Crippen LogP contribution < -0.4 is 10.6 Å². The molecule has 0 unspecified atom stereocenters. The summed E-state index contributed by atoms with van der Waals surface area (Å²) in [5, 5.41) is 0.643. The molecule has 4 rings (SSSR count). The molecule has 31 heavy (non-hydrogen) atoms. The summed E-state index contributed by atoms with van der Waals surface area (Å²) in [6, 6.07) is 17.9. The molecule has 0 spiro atoms. The summed E-state index contributed by atoms with van der Waals surface area (Å²) < 4.78 is 2.93. The topological polar surface area (TPSA) is 47.2 Å². The highest BCUT2D eigenvalue weighted by atomic mass is 35.5. The lowest BCUT2D eigenvalue weighted by molar-refractivity contribution is 0.170. The molecule has 0 atom stereocenters. The van der Waals surface area contributed by atoms with Gasteiger partial charge in [-0.2, -0.15) is 0 Å². The summed E-state index contributed by atoms with van der Waals surface area (Å²) in [5.41, 5.74) is 2.07. The summed E-state index contributed by atoms with van der Waals surface area (Å²) in [7, 11) is 0. The van der Waals surface area contributed by atoms with Gasteiger partial charge >= 0.3 is 10.6 Å². The molecule has 1 aromatic heterocycles. The first kappa shape index (κ1) is 22.1. The van der Waals surface area contributed by atoms with E-state index in [2.05, 4.69) is 35.2 Å². The lowest BCUT2D eigenvalue weighted by Crippen LogP contribution is -2.33. The highest BCUT2D eigenvalue weighted by Gasteiger charge is 2.19. The average Bonchev–Trinajstić information content (AvgIpc) is 3.05. The zero-order valence-corrected chi connectivity index (χ0v) is 19.2. The second-order valence-corrected chi connectivity index (χ2v) is 9.71. The van der Waals surface area contributed by atoms with Gasteiger partial charge in [-0.05, 0) is 68.0 Å². The Morgan fingerprint density at radius 3 is 2.29 bits per heavy atom. The molecule has 1 saturated heterocycles. The third-order valence-electron chi connectivity index (χ3n) is 6.04. The van der Waals surface area contributed by atoms with E-state index in [-0.39, 0.29) is 17.1 Å². The molecule has 0 saturated carbocycles. The first-order chi connectivity index (χ1) is 15.1. The number of piperidine rings is 1. The summed E-state index contributed by atoms with van der Waals surface area (Å²) in [6.45, 7) is 4.20. The molecule has 2 aromatic carbocycles. The fourth-order valence-electron chi connectivity index (χ4n) is 4.24. The molecule has 2 heterocycles. The van der Waals surface area contributed by atoms with Crippen molar-refractivity contribution in [3.8, 4) is 0 Å². The average molecular weight is 458 g/mol. The molecule has 0 aliphatic carbocycles. The first-order valence-corrected chi connectivity index (χ1v) is 12.1. The van der Waals surface area contributed by atoms with E-state index in [1.807, 2.05) is 12.1 Å². The van der Waals surface area contributed by atoms with E-state index in [0.717, 1.165) is 49.6 Å². The molecule has 7 heteroatoms. The van der Waals surface area contributed by atoms with Crippen molar-refractivity contribution < 1.29 is 0 Å². The Labute approximate surface area is 191 Å².